The molecule has 2 aliphatic heterocycles. The summed E-state index contributed by atoms with van der Waals surface area (Å²) in [6, 6.07) is 5.80. The Hall–Kier alpha value is -2.91. The van der Waals surface area contributed by atoms with Gasteiger partial charge in [-0.1, -0.05) is 0 Å². The van der Waals surface area contributed by atoms with E-state index in [0.717, 1.165) is 54.2 Å². The van der Waals surface area contributed by atoms with Gasteiger partial charge < -0.3 is 24.6 Å². The summed E-state index contributed by atoms with van der Waals surface area (Å²) >= 11 is 1.51. The van der Waals surface area contributed by atoms with Crippen LogP contribution in [0.1, 0.15) is 30.7 Å². The minimum Gasteiger partial charge on any atom is -0.449 e. The Balaban J connectivity index is 1.43. The molecule has 4 heterocycles. The lowest BCUT2D eigenvalue weighted by molar-refractivity contribution is 0.144. The van der Waals surface area contributed by atoms with Gasteiger partial charge in [0.2, 0.25) is 5.43 Å². The molecule has 3 aromatic rings. The van der Waals surface area contributed by atoms with Crippen LogP contribution in [-0.4, -0.2) is 47.0 Å². The number of nitrogens with one attached hydrogen (secondary N) is 1. The highest BCUT2D eigenvalue weighted by molar-refractivity contribution is 7.09. The number of anilines is 1. The molecule has 0 spiro atoms. The third-order valence-electron chi connectivity index (χ3n) is 6.97. The molecular weight excluding hydrogens is 440 g/mol. The number of rotatable bonds is 5. The number of piperidine rings is 2. The Morgan fingerprint density at radius 3 is 2.64 bits per heavy atom. The molecule has 0 saturated carbocycles. The van der Waals surface area contributed by atoms with Crippen LogP contribution in [0.5, 0.6) is 5.75 Å². The van der Waals surface area contributed by atoms with Crippen LogP contribution in [-0.2, 0) is 6.54 Å². The molecule has 0 aliphatic carbocycles. The van der Waals surface area contributed by atoms with Gasteiger partial charge in [-0.05, 0) is 68.8 Å². The number of thiazole rings is 1. The fraction of sp³-hybridized carbons (Fsp3) is 0.458. The summed E-state index contributed by atoms with van der Waals surface area (Å²) in [5.74, 6) is 1.44. The van der Waals surface area contributed by atoms with Gasteiger partial charge in [-0.3, -0.25) is 4.79 Å². The zero-order valence-corrected chi connectivity index (χ0v) is 19.2. The number of carbonyl (C=O) groups is 1. The largest absolute Gasteiger partial charge is 0.511 e. The molecule has 0 atom stereocenters. The molecule has 2 fully saturated rings. The Bertz CT molecular complexity index is 1180. The Morgan fingerprint density at radius 1 is 1.18 bits per heavy atom. The third-order valence-corrected chi connectivity index (χ3v) is 7.74. The molecule has 8 nitrogen and oxygen atoms in total. The number of benzene rings is 1. The first-order valence-electron chi connectivity index (χ1n) is 11.5. The van der Waals surface area contributed by atoms with E-state index < -0.39 is 11.6 Å². The number of ether oxygens (including phenoxy) is 1. The summed E-state index contributed by atoms with van der Waals surface area (Å²) in [7, 11) is 0. The first-order valence-corrected chi connectivity index (χ1v) is 12.4. The van der Waals surface area contributed by atoms with Crippen LogP contribution in [0.3, 0.4) is 0 Å². The first-order chi connectivity index (χ1) is 16.1. The van der Waals surface area contributed by atoms with E-state index in [-0.39, 0.29) is 5.75 Å². The minimum atomic E-state index is -1.50. The first kappa shape index (κ1) is 21.9. The van der Waals surface area contributed by atoms with E-state index in [0.29, 0.717) is 11.9 Å². The molecule has 0 bridgehead atoms. The van der Waals surface area contributed by atoms with Crippen LogP contribution in [0, 0.1) is 11.8 Å². The second-order valence-corrected chi connectivity index (χ2v) is 9.84. The molecule has 2 aliphatic rings. The normalized spacial score (nSPS) is 18.0. The van der Waals surface area contributed by atoms with Gasteiger partial charge in [-0.2, -0.15) is 0 Å². The molecule has 0 radical (unpaired) electrons. The zero-order chi connectivity index (χ0) is 22.8. The minimum absolute atomic E-state index is 0.193. The molecule has 9 heteroatoms. The van der Waals surface area contributed by atoms with Crippen molar-refractivity contribution >= 4 is 34.1 Å². The van der Waals surface area contributed by atoms with Gasteiger partial charge in [-0.15, -0.1) is 11.3 Å². The monoisotopic (exact) mass is 468 g/mol. The van der Waals surface area contributed by atoms with Gasteiger partial charge in [0.25, 0.3) is 0 Å². The second kappa shape index (κ2) is 9.52. The van der Waals surface area contributed by atoms with Crippen molar-refractivity contribution in [2.24, 2.45) is 11.8 Å². The summed E-state index contributed by atoms with van der Waals surface area (Å²) in [4.78, 5) is 30.7. The molecule has 174 valence electrons. The van der Waals surface area contributed by atoms with Gasteiger partial charge in [0.05, 0.1) is 18.3 Å². The van der Waals surface area contributed by atoms with E-state index in [1.807, 2.05) is 22.1 Å². The van der Waals surface area contributed by atoms with E-state index in [9.17, 15) is 9.59 Å². The van der Waals surface area contributed by atoms with Crippen molar-refractivity contribution in [1.82, 2.24) is 14.9 Å². The van der Waals surface area contributed by atoms with Crippen LogP contribution < -0.4 is 20.4 Å². The van der Waals surface area contributed by atoms with Crippen LogP contribution in [0.25, 0.3) is 10.9 Å². The van der Waals surface area contributed by atoms with Gasteiger partial charge in [0, 0.05) is 35.7 Å². The predicted molar refractivity (Wildman–Crippen MR) is 129 cm³/mol. The van der Waals surface area contributed by atoms with Crippen molar-refractivity contribution in [2.75, 3.05) is 31.1 Å². The lowest BCUT2D eigenvalue weighted by Gasteiger charge is -2.38. The quantitative estimate of drug-likeness (QED) is 0.550. The van der Waals surface area contributed by atoms with Gasteiger partial charge >= 0.3 is 6.16 Å². The number of hydrogen-bond acceptors (Lipinski definition) is 7. The lowest BCUT2D eigenvalue weighted by Crippen LogP contribution is -2.39. The fourth-order valence-electron chi connectivity index (χ4n) is 5.27. The molecule has 2 saturated heterocycles. The second-order valence-electron chi connectivity index (χ2n) is 8.86. The number of fused-ring (bicyclic) bond motifs is 1. The molecule has 0 unspecified atom stereocenters. The standard InChI is InChI=1S/C24H28N4O4S/c29-23-19-2-1-18(27-10-5-17(6-11-27)16-3-7-25-8-4-16)13-20(19)28(14-21(23)32-24(30)31)15-22-26-9-12-33-22/h1-2,9,12-14,16-17,25H,3-8,10-11,15H2,(H,30,31). The van der Waals surface area contributed by atoms with Crippen molar-refractivity contribution in [3.8, 4) is 5.75 Å². The lowest BCUT2D eigenvalue weighted by atomic mass is 9.79. The van der Waals surface area contributed by atoms with E-state index >= 15 is 0 Å². The summed E-state index contributed by atoms with van der Waals surface area (Å²) < 4.78 is 6.64. The average Bonchev–Trinajstić information content (AvgIpc) is 3.35. The molecule has 2 N–H and O–H groups in total. The molecular formula is C24H28N4O4S. The maximum Gasteiger partial charge on any atom is 0.511 e. The van der Waals surface area contributed by atoms with Crippen LogP contribution in [0.2, 0.25) is 0 Å². The van der Waals surface area contributed by atoms with Crippen molar-refractivity contribution in [3.63, 3.8) is 0 Å². The number of nitrogens with zero attached hydrogens (tertiary/aromatic N) is 3. The molecule has 0 amide bonds. The van der Waals surface area contributed by atoms with E-state index in [2.05, 4.69) is 15.2 Å². The Morgan fingerprint density at radius 2 is 1.94 bits per heavy atom. The number of carboxylic acid groups (broad SMARTS) is 1. The van der Waals surface area contributed by atoms with Gasteiger partial charge in [0.15, 0.2) is 5.75 Å². The summed E-state index contributed by atoms with van der Waals surface area (Å²) in [5, 5.41) is 15.7. The van der Waals surface area contributed by atoms with Crippen LogP contribution in [0.15, 0.2) is 40.8 Å². The maximum atomic E-state index is 12.9. The highest BCUT2D eigenvalue weighted by Crippen LogP contribution is 2.33. The maximum absolute atomic E-state index is 12.9. The van der Waals surface area contributed by atoms with E-state index in [1.54, 1.807) is 12.3 Å². The molecule has 33 heavy (non-hydrogen) atoms. The zero-order valence-electron chi connectivity index (χ0n) is 18.4. The smallest absolute Gasteiger partial charge is 0.449 e. The van der Waals surface area contributed by atoms with Crippen molar-refractivity contribution < 1.29 is 14.6 Å². The highest BCUT2D eigenvalue weighted by Gasteiger charge is 2.28. The number of hydrogen-bond donors (Lipinski definition) is 2. The molecule has 5 rings (SSSR count). The van der Waals surface area contributed by atoms with Gasteiger partial charge in [-0.25, -0.2) is 9.78 Å². The van der Waals surface area contributed by atoms with Crippen molar-refractivity contribution in [2.45, 2.75) is 32.2 Å². The Kier molecular flexibility index (Phi) is 6.32. The van der Waals surface area contributed by atoms with Gasteiger partial charge in [0.1, 0.15) is 5.01 Å². The summed E-state index contributed by atoms with van der Waals surface area (Å²) in [5.41, 5.74) is 1.43. The molecule has 2 aromatic heterocycles. The average molecular weight is 469 g/mol. The summed E-state index contributed by atoms with van der Waals surface area (Å²) in [6.07, 6.45) is 6.67. The summed E-state index contributed by atoms with van der Waals surface area (Å²) in [6.45, 7) is 4.74. The topological polar surface area (TPSA) is 96.7 Å². The van der Waals surface area contributed by atoms with E-state index in [1.165, 1.54) is 43.2 Å². The third kappa shape index (κ3) is 4.74. The molecule has 1 aromatic carbocycles. The van der Waals surface area contributed by atoms with Crippen LogP contribution >= 0.6 is 11.3 Å². The SMILES string of the molecule is O=C(O)Oc1cn(Cc2nccs2)c2cc(N3CCC(C4CCNCC4)CC3)ccc2c1=O. The van der Waals surface area contributed by atoms with E-state index in [4.69, 9.17) is 9.84 Å². The van der Waals surface area contributed by atoms with Crippen molar-refractivity contribution in [3.05, 3.63) is 51.2 Å². The predicted octanol–water partition coefficient (Wildman–Crippen LogP) is 3.78. The van der Waals surface area contributed by atoms with Crippen LogP contribution in [0.4, 0.5) is 10.5 Å². The highest BCUT2D eigenvalue weighted by atomic mass is 32.1. The van der Waals surface area contributed by atoms with Crippen molar-refractivity contribution in [1.29, 1.82) is 0 Å². The number of pyridine rings is 1. The number of aromatic nitrogens is 2. The Labute approximate surface area is 195 Å². The fourth-order valence-corrected chi connectivity index (χ4v) is 5.88.